The molecule has 2 aromatic carbocycles. The minimum atomic E-state index is -0.509. The Balaban J connectivity index is 1.35. The van der Waals surface area contributed by atoms with Crippen molar-refractivity contribution >= 4 is 23.1 Å². The number of halogens is 1. The number of rotatable bonds is 7. The first-order valence-electron chi connectivity index (χ1n) is 12.9. The van der Waals surface area contributed by atoms with Gasteiger partial charge in [0.25, 0.3) is 5.91 Å². The molecular formula is C29H31FN6O3. The average molecular weight is 531 g/mol. The van der Waals surface area contributed by atoms with Gasteiger partial charge in [-0.3, -0.25) is 14.0 Å². The van der Waals surface area contributed by atoms with Crippen molar-refractivity contribution in [3.63, 3.8) is 0 Å². The number of fused-ring (bicyclic) bond motifs is 1. The van der Waals surface area contributed by atoms with E-state index in [9.17, 15) is 14.0 Å². The topological polar surface area (TPSA) is 124 Å². The van der Waals surface area contributed by atoms with Crippen molar-refractivity contribution in [3.05, 3.63) is 77.6 Å². The van der Waals surface area contributed by atoms with Crippen molar-refractivity contribution < 1.29 is 18.7 Å². The summed E-state index contributed by atoms with van der Waals surface area (Å²) < 4.78 is 20.9. The van der Waals surface area contributed by atoms with E-state index in [4.69, 9.17) is 15.5 Å². The number of hydrogen-bond donors (Lipinski definition) is 3. The number of amides is 2. The van der Waals surface area contributed by atoms with Gasteiger partial charge in [0, 0.05) is 43.4 Å². The van der Waals surface area contributed by atoms with Crippen LogP contribution in [-0.4, -0.2) is 40.3 Å². The van der Waals surface area contributed by atoms with Crippen LogP contribution in [0.3, 0.4) is 0 Å². The fourth-order valence-corrected chi connectivity index (χ4v) is 5.31. The van der Waals surface area contributed by atoms with Crippen LogP contribution in [0, 0.1) is 11.7 Å². The Bertz CT molecular complexity index is 1510. The number of nitrogens with zero attached hydrogens (tertiary/aromatic N) is 3. The van der Waals surface area contributed by atoms with Crippen molar-refractivity contribution in [3.8, 4) is 17.0 Å². The fourth-order valence-electron chi connectivity index (χ4n) is 5.31. The molecule has 0 unspecified atom stereocenters. The Morgan fingerprint density at radius 2 is 1.87 bits per heavy atom. The molecule has 1 aliphatic carbocycles. The molecule has 1 aliphatic rings. The summed E-state index contributed by atoms with van der Waals surface area (Å²) in [7, 11) is 3.12. The summed E-state index contributed by atoms with van der Waals surface area (Å²) in [6, 6.07) is 11.5. The lowest BCUT2D eigenvalue weighted by Crippen LogP contribution is -2.30. The molecule has 2 heterocycles. The Kier molecular flexibility index (Phi) is 7.44. The van der Waals surface area contributed by atoms with Gasteiger partial charge < -0.3 is 21.1 Å². The van der Waals surface area contributed by atoms with Gasteiger partial charge in [-0.1, -0.05) is 24.3 Å². The Morgan fingerprint density at radius 3 is 2.56 bits per heavy atom. The highest BCUT2D eigenvalue weighted by molar-refractivity contribution is 5.97. The first-order chi connectivity index (χ1) is 18.9. The zero-order valence-corrected chi connectivity index (χ0v) is 21.9. The lowest BCUT2D eigenvalue weighted by atomic mass is 9.81. The van der Waals surface area contributed by atoms with E-state index >= 15 is 0 Å². The summed E-state index contributed by atoms with van der Waals surface area (Å²) in [5, 5.41) is 5.57. The summed E-state index contributed by atoms with van der Waals surface area (Å²) in [5.74, 6) is 1.04. The van der Waals surface area contributed by atoms with Gasteiger partial charge in [-0.05, 0) is 49.4 Å². The molecular weight excluding hydrogens is 499 g/mol. The summed E-state index contributed by atoms with van der Waals surface area (Å²) in [6.45, 7) is 0.256. The standard InChI is InChI=1S/C29H31FN6O3/c1-32-28(37)20-9-7-19(8-10-20)27-35-24(25-26(31)33-13-14-36(25)27)18-5-3-17(4-6-18)16-34-29(38)22-15-21(30)11-12-23(22)39-2/h3-6,11-15,19-20H,7-10,16H2,1-2H3,(H2,31,33)(H,32,37)(H,34,38). The molecule has 2 aromatic heterocycles. The van der Waals surface area contributed by atoms with Gasteiger partial charge >= 0.3 is 0 Å². The predicted octanol–water partition coefficient (Wildman–Crippen LogP) is 4.08. The maximum absolute atomic E-state index is 13.7. The molecule has 10 heteroatoms. The van der Waals surface area contributed by atoms with Crippen LogP contribution in [0.1, 0.15) is 53.3 Å². The van der Waals surface area contributed by atoms with E-state index in [0.717, 1.165) is 59.9 Å². The number of nitrogen functional groups attached to an aromatic ring is 1. The number of ether oxygens (including phenoxy) is 1. The van der Waals surface area contributed by atoms with Crippen LogP contribution < -0.4 is 21.1 Å². The molecule has 5 rings (SSSR count). The van der Waals surface area contributed by atoms with Crippen LogP contribution in [0.4, 0.5) is 10.2 Å². The van der Waals surface area contributed by atoms with Crippen LogP contribution in [0.5, 0.6) is 5.75 Å². The quantitative estimate of drug-likeness (QED) is 0.331. The lowest BCUT2D eigenvalue weighted by Gasteiger charge is -2.26. The Morgan fingerprint density at radius 1 is 1.13 bits per heavy atom. The molecule has 0 radical (unpaired) electrons. The van der Waals surface area contributed by atoms with E-state index in [1.54, 1.807) is 13.2 Å². The molecule has 2 amide bonds. The van der Waals surface area contributed by atoms with Crippen molar-refractivity contribution in [2.24, 2.45) is 5.92 Å². The number of benzene rings is 2. The summed E-state index contributed by atoms with van der Waals surface area (Å²) in [6.07, 6.45) is 6.93. The number of nitrogens with two attached hydrogens (primary N) is 1. The van der Waals surface area contributed by atoms with E-state index in [2.05, 4.69) is 15.6 Å². The van der Waals surface area contributed by atoms with Gasteiger partial charge in [-0.25, -0.2) is 14.4 Å². The molecule has 0 atom stereocenters. The number of anilines is 1. The largest absolute Gasteiger partial charge is 0.496 e. The number of imidazole rings is 1. The SMILES string of the molecule is CNC(=O)C1CCC(c2nc(-c3ccc(CNC(=O)c4cc(F)ccc4OC)cc3)c3c(N)nccn23)CC1. The highest BCUT2D eigenvalue weighted by Gasteiger charge is 2.30. The molecule has 202 valence electrons. The van der Waals surface area contributed by atoms with Crippen molar-refractivity contribution in [2.75, 3.05) is 19.9 Å². The summed E-state index contributed by atoms with van der Waals surface area (Å²) in [5.41, 5.74) is 9.68. The fraction of sp³-hybridized carbons (Fsp3) is 0.310. The van der Waals surface area contributed by atoms with Gasteiger partial charge in [0.1, 0.15) is 34.4 Å². The number of nitrogens with one attached hydrogen (secondary N) is 2. The average Bonchev–Trinajstić information content (AvgIpc) is 3.37. The van der Waals surface area contributed by atoms with Crippen LogP contribution in [-0.2, 0) is 11.3 Å². The van der Waals surface area contributed by atoms with Crippen LogP contribution in [0.15, 0.2) is 54.9 Å². The summed E-state index contributed by atoms with van der Waals surface area (Å²) in [4.78, 5) is 34.0. The molecule has 1 saturated carbocycles. The third kappa shape index (κ3) is 5.27. The Hall–Kier alpha value is -4.47. The van der Waals surface area contributed by atoms with Gasteiger partial charge in [-0.15, -0.1) is 0 Å². The zero-order chi connectivity index (χ0) is 27.5. The maximum atomic E-state index is 13.7. The van der Waals surface area contributed by atoms with Crippen LogP contribution in [0.25, 0.3) is 16.8 Å². The molecule has 4 aromatic rings. The minimum Gasteiger partial charge on any atom is -0.496 e. The van der Waals surface area contributed by atoms with E-state index in [1.165, 1.54) is 19.2 Å². The van der Waals surface area contributed by atoms with E-state index in [-0.39, 0.29) is 29.9 Å². The van der Waals surface area contributed by atoms with Gasteiger partial charge in [-0.2, -0.15) is 0 Å². The molecule has 1 fully saturated rings. The number of methoxy groups -OCH3 is 1. The van der Waals surface area contributed by atoms with E-state index < -0.39 is 11.7 Å². The van der Waals surface area contributed by atoms with Gasteiger partial charge in [0.2, 0.25) is 5.91 Å². The number of carbonyl (C=O) groups excluding carboxylic acids is 2. The number of aromatic nitrogens is 3. The Labute approximate surface area is 225 Å². The first-order valence-corrected chi connectivity index (χ1v) is 12.9. The second-order valence-electron chi connectivity index (χ2n) is 9.74. The number of hydrogen-bond acceptors (Lipinski definition) is 6. The molecule has 0 bridgehead atoms. The van der Waals surface area contributed by atoms with Crippen molar-refractivity contribution in [1.82, 2.24) is 25.0 Å². The predicted molar refractivity (Wildman–Crippen MR) is 146 cm³/mol. The normalized spacial score (nSPS) is 17.1. The molecule has 0 saturated heterocycles. The molecule has 39 heavy (non-hydrogen) atoms. The van der Waals surface area contributed by atoms with Crippen LogP contribution >= 0.6 is 0 Å². The summed E-state index contributed by atoms with van der Waals surface area (Å²) >= 11 is 0. The number of carbonyl (C=O) groups is 2. The highest BCUT2D eigenvalue weighted by Crippen LogP contribution is 2.38. The highest BCUT2D eigenvalue weighted by atomic mass is 19.1. The monoisotopic (exact) mass is 530 g/mol. The van der Waals surface area contributed by atoms with Crippen LogP contribution in [0.2, 0.25) is 0 Å². The van der Waals surface area contributed by atoms with E-state index in [0.29, 0.717) is 11.6 Å². The smallest absolute Gasteiger partial charge is 0.255 e. The maximum Gasteiger partial charge on any atom is 0.255 e. The lowest BCUT2D eigenvalue weighted by molar-refractivity contribution is -0.125. The van der Waals surface area contributed by atoms with E-state index in [1.807, 2.05) is 34.9 Å². The second kappa shape index (κ2) is 11.1. The molecule has 0 aliphatic heterocycles. The second-order valence-corrected chi connectivity index (χ2v) is 9.74. The third-order valence-electron chi connectivity index (χ3n) is 7.41. The van der Waals surface area contributed by atoms with Gasteiger partial charge in [0.05, 0.1) is 12.7 Å². The minimum absolute atomic E-state index is 0.0405. The first kappa shape index (κ1) is 26.1. The molecule has 9 nitrogen and oxygen atoms in total. The van der Waals surface area contributed by atoms with Crippen molar-refractivity contribution in [1.29, 1.82) is 0 Å². The molecule has 0 spiro atoms. The van der Waals surface area contributed by atoms with Crippen molar-refractivity contribution in [2.45, 2.75) is 38.1 Å². The molecule has 4 N–H and O–H groups in total. The van der Waals surface area contributed by atoms with Gasteiger partial charge in [0.15, 0.2) is 0 Å². The third-order valence-corrected chi connectivity index (χ3v) is 7.41. The zero-order valence-electron chi connectivity index (χ0n) is 21.9.